The molecule has 1 saturated heterocycles. The summed E-state index contributed by atoms with van der Waals surface area (Å²) in [6.07, 6.45) is 2.85. The molecule has 2 unspecified atom stereocenters. The van der Waals surface area contributed by atoms with Crippen LogP contribution in [0.1, 0.15) is 30.6 Å². The lowest BCUT2D eigenvalue weighted by Crippen LogP contribution is -2.40. The standard InChI is InChI=1S/C13H17BrN2O2/c1-8-3-9(2)7-16(6-8)12-11(13(17)18)4-10(14)5-15-12/h4-5,8-9H,3,6-7H2,1-2H3,(H,17,18). The first-order valence-corrected chi connectivity index (χ1v) is 6.90. The first-order chi connectivity index (χ1) is 8.47. The highest BCUT2D eigenvalue weighted by Gasteiger charge is 2.26. The van der Waals surface area contributed by atoms with Crippen LogP contribution in [0.2, 0.25) is 0 Å². The zero-order chi connectivity index (χ0) is 13.3. The summed E-state index contributed by atoms with van der Waals surface area (Å²) in [6.45, 7) is 6.14. The van der Waals surface area contributed by atoms with E-state index in [2.05, 4.69) is 39.7 Å². The lowest BCUT2D eigenvalue weighted by atomic mass is 9.91. The Morgan fingerprint density at radius 2 is 2.06 bits per heavy atom. The van der Waals surface area contributed by atoms with Crippen LogP contribution < -0.4 is 4.90 Å². The van der Waals surface area contributed by atoms with Crippen molar-refractivity contribution in [2.24, 2.45) is 11.8 Å². The summed E-state index contributed by atoms with van der Waals surface area (Å²) in [5.41, 5.74) is 0.269. The minimum absolute atomic E-state index is 0.269. The summed E-state index contributed by atoms with van der Waals surface area (Å²) in [5.74, 6) is 0.801. The van der Waals surface area contributed by atoms with Crippen molar-refractivity contribution in [2.75, 3.05) is 18.0 Å². The first kappa shape index (κ1) is 13.3. The maximum absolute atomic E-state index is 11.3. The van der Waals surface area contributed by atoms with Gasteiger partial charge in [-0.2, -0.15) is 0 Å². The molecule has 2 heterocycles. The van der Waals surface area contributed by atoms with Crippen LogP contribution in [0.25, 0.3) is 0 Å². The van der Waals surface area contributed by atoms with Gasteiger partial charge in [-0.3, -0.25) is 0 Å². The molecular formula is C13H17BrN2O2. The van der Waals surface area contributed by atoms with E-state index in [1.165, 1.54) is 6.42 Å². The van der Waals surface area contributed by atoms with E-state index in [9.17, 15) is 9.90 Å². The zero-order valence-electron chi connectivity index (χ0n) is 10.6. The molecule has 0 aliphatic carbocycles. The third kappa shape index (κ3) is 2.83. The van der Waals surface area contributed by atoms with Crippen LogP contribution in [0.3, 0.4) is 0 Å². The second-order valence-electron chi connectivity index (χ2n) is 5.18. The first-order valence-electron chi connectivity index (χ1n) is 6.11. The molecule has 1 aromatic heterocycles. The summed E-state index contributed by atoms with van der Waals surface area (Å²) in [5, 5.41) is 9.27. The van der Waals surface area contributed by atoms with Gasteiger partial charge >= 0.3 is 5.97 Å². The van der Waals surface area contributed by atoms with Crippen LogP contribution in [-0.2, 0) is 0 Å². The van der Waals surface area contributed by atoms with E-state index < -0.39 is 5.97 Å². The topological polar surface area (TPSA) is 53.4 Å². The predicted molar refractivity (Wildman–Crippen MR) is 74.1 cm³/mol. The fraction of sp³-hybridized carbons (Fsp3) is 0.538. The molecule has 1 aromatic rings. The molecule has 0 saturated carbocycles. The number of rotatable bonds is 2. The lowest BCUT2D eigenvalue weighted by molar-refractivity contribution is 0.0696. The molecule has 18 heavy (non-hydrogen) atoms. The number of halogens is 1. The Labute approximate surface area is 115 Å². The SMILES string of the molecule is CC1CC(C)CN(c2ncc(Br)cc2C(=O)O)C1. The highest BCUT2D eigenvalue weighted by Crippen LogP contribution is 2.28. The highest BCUT2D eigenvalue weighted by molar-refractivity contribution is 9.10. The normalized spacial score (nSPS) is 24.1. The fourth-order valence-electron chi connectivity index (χ4n) is 2.68. The van der Waals surface area contributed by atoms with Crippen LogP contribution in [0.15, 0.2) is 16.7 Å². The maximum atomic E-state index is 11.3. The Morgan fingerprint density at radius 3 is 2.61 bits per heavy atom. The number of hydrogen-bond acceptors (Lipinski definition) is 3. The summed E-state index contributed by atoms with van der Waals surface area (Å²) in [6, 6.07) is 1.62. The van der Waals surface area contributed by atoms with Gasteiger partial charge in [-0.05, 0) is 40.3 Å². The molecule has 1 aliphatic heterocycles. The summed E-state index contributed by atoms with van der Waals surface area (Å²) < 4.78 is 0.696. The largest absolute Gasteiger partial charge is 0.478 e. The summed E-state index contributed by atoms with van der Waals surface area (Å²) in [4.78, 5) is 17.7. The van der Waals surface area contributed by atoms with E-state index in [1.807, 2.05) is 0 Å². The molecule has 98 valence electrons. The third-order valence-electron chi connectivity index (χ3n) is 3.23. The van der Waals surface area contributed by atoms with Crippen molar-refractivity contribution in [1.82, 2.24) is 4.98 Å². The van der Waals surface area contributed by atoms with Gasteiger partial charge in [0.25, 0.3) is 0 Å². The molecule has 0 amide bonds. The van der Waals surface area contributed by atoms with Gasteiger partial charge in [0.1, 0.15) is 11.4 Å². The van der Waals surface area contributed by atoms with Crippen LogP contribution in [0.4, 0.5) is 5.82 Å². The average Bonchev–Trinajstić information content (AvgIpc) is 2.27. The van der Waals surface area contributed by atoms with Gasteiger partial charge in [0.15, 0.2) is 0 Å². The van der Waals surface area contributed by atoms with Crippen molar-refractivity contribution in [3.8, 4) is 0 Å². The van der Waals surface area contributed by atoms with Crippen molar-refractivity contribution in [3.63, 3.8) is 0 Å². The summed E-state index contributed by atoms with van der Waals surface area (Å²) in [7, 11) is 0. The molecule has 0 aromatic carbocycles. The molecule has 4 nitrogen and oxygen atoms in total. The number of carboxylic acids is 1. The van der Waals surface area contributed by atoms with E-state index >= 15 is 0 Å². The van der Waals surface area contributed by atoms with Gasteiger partial charge < -0.3 is 10.0 Å². The number of piperidine rings is 1. The Morgan fingerprint density at radius 1 is 1.44 bits per heavy atom. The Kier molecular flexibility index (Phi) is 3.90. The van der Waals surface area contributed by atoms with Crippen LogP contribution in [0, 0.1) is 11.8 Å². The second kappa shape index (κ2) is 5.26. The molecule has 2 atom stereocenters. The van der Waals surface area contributed by atoms with Gasteiger partial charge in [0.2, 0.25) is 0 Å². The number of carbonyl (C=O) groups is 1. The number of hydrogen-bond donors (Lipinski definition) is 1. The van der Waals surface area contributed by atoms with E-state index in [0.29, 0.717) is 22.1 Å². The molecular weight excluding hydrogens is 296 g/mol. The molecule has 1 fully saturated rings. The summed E-state index contributed by atoms with van der Waals surface area (Å²) >= 11 is 3.27. The van der Waals surface area contributed by atoms with Gasteiger partial charge in [-0.25, -0.2) is 9.78 Å². The van der Waals surface area contributed by atoms with Crippen molar-refractivity contribution in [3.05, 3.63) is 22.3 Å². The van der Waals surface area contributed by atoms with E-state index in [4.69, 9.17) is 0 Å². The van der Waals surface area contributed by atoms with Gasteiger partial charge in [-0.1, -0.05) is 13.8 Å². The van der Waals surface area contributed by atoms with Crippen molar-refractivity contribution in [2.45, 2.75) is 20.3 Å². The van der Waals surface area contributed by atoms with Crippen molar-refractivity contribution in [1.29, 1.82) is 0 Å². The lowest BCUT2D eigenvalue weighted by Gasteiger charge is -2.36. The smallest absolute Gasteiger partial charge is 0.339 e. The van der Waals surface area contributed by atoms with Crippen molar-refractivity contribution >= 4 is 27.7 Å². The van der Waals surface area contributed by atoms with E-state index in [1.54, 1.807) is 12.3 Å². The molecule has 0 radical (unpaired) electrons. The van der Waals surface area contributed by atoms with Crippen molar-refractivity contribution < 1.29 is 9.90 Å². The number of aromatic nitrogens is 1. The molecule has 1 N–H and O–H groups in total. The highest BCUT2D eigenvalue weighted by atomic mass is 79.9. The average molecular weight is 313 g/mol. The minimum atomic E-state index is -0.926. The Bertz CT molecular complexity index is 454. The number of carboxylic acid groups (broad SMARTS) is 1. The molecule has 2 rings (SSSR count). The zero-order valence-corrected chi connectivity index (χ0v) is 12.1. The quantitative estimate of drug-likeness (QED) is 0.912. The number of anilines is 1. The predicted octanol–water partition coefficient (Wildman–Crippen LogP) is 3.02. The number of aromatic carboxylic acids is 1. The van der Waals surface area contributed by atoms with Gasteiger partial charge in [0, 0.05) is 23.8 Å². The fourth-order valence-corrected chi connectivity index (χ4v) is 3.01. The Balaban J connectivity index is 2.35. The molecule has 0 spiro atoms. The van der Waals surface area contributed by atoms with Crippen LogP contribution in [-0.4, -0.2) is 29.1 Å². The van der Waals surface area contributed by atoms with E-state index in [-0.39, 0.29) is 5.56 Å². The Hall–Kier alpha value is -1.10. The molecule has 5 heteroatoms. The third-order valence-corrected chi connectivity index (χ3v) is 3.67. The second-order valence-corrected chi connectivity index (χ2v) is 6.10. The number of pyridine rings is 1. The monoisotopic (exact) mass is 312 g/mol. The molecule has 1 aliphatic rings. The molecule has 0 bridgehead atoms. The minimum Gasteiger partial charge on any atom is -0.478 e. The number of nitrogens with zero attached hydrogens (tertiary/aromatic N) is 2. The van der Waals surface area contributed by atoms with Crippen LogP contribution in [0.5, 0.6) is 0 Å². The van der Waals surface area contributed by atoms with Gasteiger partial charge in [-0.15, -0.1) is 0 Å². The van der Waals surface area contributed by atoms with Gasteiger partial charge in [0.05, 0.1) is 0 Å². The van der Waals surface area contributed by atoms with E-state index in [0.717, 1.165) is 13.1 Å². The van der Waals surface area contributed by atoms with Crippen LogP contribution >= 0.6 is 15.9 Å². The maximum Gasteiger partial charge on any atom is 0.339 e.